The van der Waals surface area contributed by atoms with Crippen LogP contribution in [0.1, 0.15) is 12.5 Å². The minimum absolute atomic E-state index is 0.340. The molecule has 0 radical (unpaired) electrons. The fourth-order valence-corrected chi connectivity index (χ4v) is 1.36. The average Bonchev–Trinajstić information content (AvgIpc) is 2.15. The van der Waals surface area contributed by atoms with Crippen molar-refractivity contribution in [2.45, 2.75) is 13.1 Å². The molecule has 0 aliphatic carbocycles. The summed E-state index contributed by atoms with van der Waals surface area (Å²) in [4.78, 5) is 0. The monoisotopic (exact) mass is 333 g/mol. The van der Waals surface area contributed by atoms with Crippen molar-refractivity contribution in [2.75, 3.05) is 9.66 Å². The van der Waals surface area contributed by atoms with Crippen LogP contribution < -0.4 is 3.11 Å². The van der Waals surface area contributed by atoms with Gasteiger partial charge in [0.2, 0.25) is 0 Å². The smallest absolute Gasteiger partial charge is 0.315 e. The van der Waals surface area contributed by atoms with Gasteiger partial charge in [-0.05, 0) is 25.1 Å². The Hall–Kier alpha value is -0.530. The quantitative estimate of drug-likeness (QED) is 0.449. The molecule has 0 bridgehead atoms. The molecule has 0 spiro atoms. The molecule has 0 heterocycles. The van der Waals surface area contributed by atoms with Gasteiger partial charge in [0.1, 0.15) is 5.82 Å². The van der Waals surface area contributed by atoms with Gasteiger partial charge in [0.25, 0.3) is 0 Å². The standard InChI is InChI=1S/C9H8F4IN/c1-2-15(14)6-3-4-8(10)7(5-6)9(11,12)13/h3-5H,2H2,1H3. The summed E-state index contributed by atoms with van der Waals surface area (Å²) in [5, 5.41) is 0. The Labute approximate surface area is 98.6 Å². The molecule has 0 aliphatic rings. The molecule has 15 heavy (non-hydrogen) atoms. The molecule has 6 heteroatoms. The van der Waals surface area contributed by atoms with Crippen LogP contribution >= 0.6 is 22.9 Å². The fraction of sp³-hybridized carbons (Fsp3) is 0.333. The number of halogens is 5. The molecule has 1 rings (SSSR count). The summed E-state index contributed by atoms with van der Waals surface area (Å²) >= 11 is 1.87. The normalized spacial score (nSPS) is 11.6. The Kier molecular flexibility index (Phi) is 3.80. The third-order valence-electron chi connectivity index (χ3n) is 1.81. The number of rotatable bonds is 2. The molecule has 0 aliphatic heterocycles. The molecular formula is C9H8F4IN. The first-order valence-corrected chi connectivity index (χ1v) is 5.12. The zero-order chi connectivity index (χ0) is 11.6. The fourth-order valence-electron chi connectivity index (χ4n) is 1.06. The largest absolute Gasteiger partial charge is 0.419 e. The Morgan fingerprint density at radius 3 is 2.40 bits per heavy atom. The van der Waals surface area contributed by atoms with Gasteiger partial charge in [-0.1, -0.05) is 0 Å². The number of hydrogen-bond acceptors (Lipinski definition) is 1. The maximum absolute atomic E-state index is 12.9. The summed E-state index contributed by atoms with van der Waals surface area (Å²) in [6.45, 7) is 2.34. The number of alkyl halides is 3. The van der Waals surface area contributed by atoms with E-state index in [9.17, 15) is 17.6 Å². The Morgan fingerprint density at radius 2 is 1.93 bits per heavy atom. The Morgan fingerprint density at radius 1 is 1.33 bits per heavy atom. The van der Waals surface area contributed by atoms with Gasteiger partial charge < -0.3 is 3.11 Å². The topological polar surface area (TPSA) is 3.24 Å². The lowest BCUT2D eigenvalue weighted by atomic mass is 10.2. The third-order valence-corrected chi connectivity index (χ3v) is 3.05. The van der Waals surface area contributed by atoms with E-state index in [1.165, 1.54) is 6.07 Å². The zero-order valence-electron chi connectivity index (χ0n) is 7.78. The molecule has 1 aromatic carbocycles. The van der Waals surface area contributed by atoms with Crippen molar-refractivity contribution in [2.24, 2.45) is 0 Å². The van der Waals surface area contributed by atoms with Gasteiger partial charge in [0.15, 0.2) is 0 Å². The summed E-state index contributed by atoms with van der Waals surface area (Å²) in [5.74, 6) is -1.24. The molecule has 0 N–H and O–H groups in total. The van der Waals surface area contributed by atoms with Crippen molar-refractivity contribution in [1.29, 1.82) is 0 Å². The number of nitrogens with zero attached hydrogens (tertiary/aromatic N) is 1. The predicted octanol–water partition coefficient (Wildman–Crippen LogP) is 4.02. The van der Waals surface area contributed by atoms with Crippen molar-refractivity contribution in [1.82, 2.24) is 0 Å². The van der Waals surface area contributed by atoms with Gasteiger partial charge in [-0.15, -0.1) is 0 Å². The zero-order valence-corrected chi connectivity index (χ0v) is 9.93. The number of hydrogen-bond donors (Lipinski definition) is 0. The summed E-state index contributed by atoms with van der Waals surface area (Å²) < 4.78 is 51.5. The lowest BCUT2D eigenvalue weighted by Crippen LogP contribution is -2.12. The van der Waals surface area contributed by atoms with Crippen LogP contribution in [0.25, 0.3) is 0 Å². The van der Waals surface area contributed by atoms with Crippen LogP contribution in [-0.4, -0.2) is 6.54 Å². The van der Waals surface area contributed by atoms with Crippen molar-refractivity contribution in [3.63, 3.8) is 0 Å². The van der Waals surface area contributed by atoms with E-state index < -0.39 is 17.6 Å². The number of benzene rings is 1. The summed E-state index contributed by atoms with van der Waals surface area (Å²) in [6.07, 6.45) is -4.65. The van der Waals surface area contributed by atoms with E-state index in [0.29, 0.717) is 12.2 Å². The highest BCUT2D eigenvalue weighted by Crippen LogP contribution is 2.34. The van der Waals surface area contributed by atoms with Gasteiger partial charge in [-0.3, -0.25) is 0 Å². The molecule has 0 aromatic heterocycles. The van der Waals surface area contributed by atoms with Crippen molar-refractivity contribution in [3.8, 4) is 0 Å². The molecule has 84 valence electrons. The maximum atomic E-state index is 12.9. The molecule has 1 aromatic rings. The minimum Gasteiger partial charge on any atom is -0.315 e. The molecule has 0 atom stereocenters. The Bertz CT molecular complexity index is 350. The number of anilines is 1. The maximum Gasteiger partial charge on any atom is 0.419 e. The van der Waals surface area contributed by atoms with Gasteiger partial charge in [-0.25, -0.2) is 4.39 Å². The van der Waals surface area contributed by atoms with Gasteiger partial charge in [0, 0.05) is 12.2 Å². The molecule has 1 nitrogen and oxygen atoms in total. The molecular weight excluding hydrogens is 325 g/mol. The van der Waals surface area contributed by atoms with Gasteiger partial charge in [-0.2, -0.15) is 13.2 Å². The van der Waals surface area contributed by atoms with Crippen LogP contribution in [0.5, 0.6) is 0 Å². The first-order chi connectivity index (χ1) is 6.86. The van der Waals surface area contributed by atoms with Crippen molar-refractivity contribution in [3.05, 3.63) is 29.6 Å². The van der Waals surface area contributed by atoms with E-state index in [1.807, 2.05) is 22.9 Å². The lowest BCUT2D eigenvalue weighted by Gasteiger charge is -2.16. The van der Waals surface area contributed by atoms with E-state index >= 15 is 0 Å². The second-order valence-electron chi connectivity index (χ2n) is 2.84. The summed E-state index contributed by atoms with van der Waals surface area (Å²) in [5.41, 5.74) is -0.887. The lowest BCUT2D eigenvalue weighted by molar-refractivity contribution is -0.139. The molecule has 0 amide bonds. The first-order valence-electron chi connectivity index (χ1n) is 4.16. The third kappa shape index (κ3) is 2.96. The van der Waals surface area contributed by atoms with Crippen LogP contribution in [0.15, 0.2) is 18.2 Å². The van der Waals surface area contributed by atoms with Crippen LogP contribution in [-0.2, 0) is 6.18 Å². The SMILES string of the molecule is CCN(I)c1ccc(F)c(C(F)(F)F)c1. The highest BCUT2D eigenvalue weighted by molar-refractivity contribution is 14.1. The summed E-state index contributed by atoms with van der Waals surface area (Å²) in [6, 6.07) is 2.96. The minimum atomic E-state index is -4.65. The van der Waals surface area contributed by atoms with Crippen molar-refractivity contribution < 1.29 is 17.6 Å². The van der Waals surface area contributed by atoms with E-state index in [2.05, 4.69) is 0 Å². The van der Waals surface area contributed by atoms with Crippen LogP contribution in [0.2, 0.25) is 0 Å². The van der Waals surface area contributed by atoms with E-state index in [0.717, 1.165) is 12.1 Å². The second kappa shape index (κ2) is 4.54. The summed E-state index contributed by atoms with van der Waals surface area (Å²) in [7, 11) is 0. The van der Waals surface area contributed by atoms with E-state index in [4.69, 9.17) is 0 Å². The highest BCUT2D eigenvalue weighted by atomic mass is 127. The molecule has 0 saturated heterocycles. The van der Waals surface area contributed by atoms with Gasteiger partial charge >= 0.3 is 6.18 Å². The predicted molar refractivity (Wildman–Crippen MR) is 58.4 cm³/mol. The molecule has 0 fully saturated rings. The average molecular weight is 333 g/mol. The molecule has 0 unspecified atom stereocenters. The van der Waals surface area contributed by atoms with Crippen LogP contribution in [0.4, 0.5) is 23.2 Å². The van der Waals surface area contributed by atoms with Crippen molar-refractivity contribution >= 4 is 28.6 Å². The van der Waals surface area contributed by atoms with Crippen LogP contribution in [0.3, 0.4) is 0 Å². The highest BCUT2D eigenvalue weighted by Gasteiger charge is 2.34. The molecule has 0 saturated carbocycles. The van der Waals surface area contributed by atoms with E-state index in [-0.39, 0.29) is 0 Å². The first kappa shape index (κ1) is 12.5. The Balaban J connectivity index is 3.17. The van der Waals surface area contributed by atoms with E-state index in [1.54, 1.807) is 10.0 Å². The second-order valence-corrected chi connectivity index (χ2v) is 4.00. The van der Waals surface area contributed by atoms with Gasteiger partial charge in [0.05, 0.1) is 28.4 Å². The van der Waals surface area contributed by atoms with Crippen LogP contribution in [0, 0.1) is 5.82 Å².